The molecule has 1 N–H and O–H groups in total. The summed E-state index contributed by atoms with van der Waals surface area (Å²) in [6, 6.07) is 13.8. The lowest BCUT2D eigenvalue weighted by molar-refractivity contribution is -0.137. The van der Waals surface area contributed by atoms with E-state index in [1.165, 1.54) is 19.2 Å². The molecule has 0 heterocycles. The Morgan fingerprint density at radius 3 is 2.28 bits per heavy atom. The van der Waals surface area contributed by atoms with Crippen LogP contribution in [0.25, 0.3) is 0 Å². The first-order valence-electron chi connectivity index (χ1n) is 7.61. The van der Waals surface area contributed by atoms with Gasteiger partial charge in [-0.05, 0) is 29.8 Å². The topological polar surface area (TPSA) is 47.6 Å². The molecule has 0 aliphatic carbocycles. The van der Waals surface area contributed by atoms with Crippen LogP contribution >= 0.6 is 0 Å². The molecule has 25 heavy (non-hydrogen) atoms. The minimum atomic E-state index is -4.39. The van der Waals surface area contributed by atoms with Crippen LogP contribution in [0, 0.1) is 0 Å². The van der Waals surface area contributed by atoms with Gasteiger partial charge in [-0.15, -0.1) is 0 Å². The Morgan fingerprint density at radius 2 is 1.72 bits per heavy atom. The summed E-state index contributed by atoms with van der Waals surface area (Å²) >= 11 is 0. The van der Waals surface area contributed by atoms with Gasteiger partial charge >= 0.3 is 12.3 Å². The number of carbonyl (C=O) groups excluding carboxylic acids is 1. The summed E-state index contributed by atoms with van der Waals surface area (Å²) in [6.45, 7) is 0.298. The maximum absolute atomic E-state index is 12.6. The number of hydrogen-bond donors (Lipinski definition) is 1. The third-order valence-corrected chi connectivity index (χ3v) is 3.49. The molecular formula is C18H18F3NO3. The number of carbonyl (C=O) groups is 1. The largest absolute Gasteiger partial charge is 0.486 e. The van der Waals surface area contributed by atoms with Crippen molar-refractivity contribution < 1.29 is 27.4 Å². The monoisotopic (exact) mass is 353 g/mol. The second-order valence-corrected chi connectivity index (χ2v) is 5.25. The number of methoxy groups -OCH3 is 1. The van der Waals surface area contributed by atoms with Gasteiger partial charge in [-0.25, -0.2) is 4.79 Å². The van der Waals surface area contributed by atoms with E-state index in [1.54, 1.807) is 0 Å². The number of nitrogens with one attached hydrogen (secondary N) is 1. The third kappa shape index (κ3) is 5.70. The normalized spacial score (nSPS) is 12.3. The lowest BCUT2D eigenvalue weighted by atomic mass is 10.1. The van der Waals surface area contributed by atoms with Crippen LogP contribution in [0.15, 0.2) is 54.6 Å². The molecule has 4 nitrogen and oxygen atoms in total. The first-order chi connectivity index (χ1) is 11.9. The van der Waals surface area contributed by atoms with Crippen LogP contribution in [0.3, 0.4) is 0 Å². The number of benzene rings is 2. The van der Waals surface area contributed by atoms with E-state index in [9.17, 15) is 18.0 Å². The van der Waals surface area contributed by atoms with Gasteiger partial charge in [0.15, 0.2) is 0 Å². The average Bonchev–Trinajstić information content (AvgIpc) is 2.61. The van der Waals surface area contributed by atoms with Crippen LogP contribution in [0.1, 0.15) is 23.7 Å². The van der Waals surface area contributed by atoms with Crippen molar-refractivity contribution in [1.82, 2.24) is 5.32 Å². The van der Waals surface area contributed by atoms with E-state index < -0.39 is 23.9 Å². The van der Waals surface area contributed by atoms with Crippen molar-refractivity contribution in [3.63, 3.8) is 0 Å². The van der Waals surface area contributed by atoms with Gasteiger partial charge in [0.1, 0.15) is 11.9 Å². The first kappa shape index (κ1) is 18.6. The van der Waals surface area contributed by atoms with E-state index in [4.69, 9.17) is 4.74 Å². The van der Waals surface area contributed by atoms with Gasteiger partial charge in [0.25, 0.3) is 0 Å². The Hall–Kier alpha value is -2.70. The summed E-state index contributed by atoms with van der Waals surface area (Å²) in [5.74, 6) is 0.319. The Kier molecular flexibility index (Phi) is 6.27. The first-order valence-corrected chi connectivity index (χ1v) is 7.61. The second kappa shape index (κ2) is 8.41. The molecule has 0 aromatic heterocycles. The number of alkyl halides is 3. The quantitative estimate of drug-likeness (QED) is 0.827. The molecular weight excluding hydrogens is 335 g/mol. The predicted molar refractivity (Wildman–Crippen MR) is 86.3 cm³/mol. The van der Waals surface area contributed by atoms with E-state index in [0.717, 1.165) is 17.7 Å². The second-order valence-electron chi connectivity index (χ2n) is 5.25. The highest BCUT2D eigenvalue weighted by atomic mass is 19.4. The van der Waals surface area contributed by atoms with Gasteiger partial charge in [-0.1, -0.05) is 30.3 Å². The van der Waals surface area contributed by atoms with Crippen LogP contribution in [0.2, 0.25) is 0 Å². The highest BCUT2D eigenvalue weighted by molar-refractivity contribution is 5.66. The van der Waals surface area contributed by atoms with Crippen molar-refractivity contribution in [2.75, 3.05) is 13.7 Å². The molecule has 0 aliphatic rings. The molecule has 134 valence electrons. The minimum Gasteiger partial charge on any atom is -0.486 e. The van der Waals surface area contributed by atoms with Crippen LogP contribution < -0.4 is 10.1 Å². The number of alkyl carbamates (subject to hydrolysis) is 1. The Morgan fingerprint density at radius 1 is 1.08 bits per heavy atom. The number of ether oxygens (including phenoxy) is 2. The summed E-state index contributed by atoms with van der Waals surface area (Å²) < 4.78 is 48.2. The zero-order valence-corrected chi connectivity index (χ0v) is 13.5. The number of rotatable bonds is 6. The summed E-state index contributed by atoms with van der Waals surface area (Å²) in [4.78, 5) is 11.1. The molecule has 0 saturated carbocycles. The summed E-state index contributed by atoms with van der Waals surface area (Å²) in [7, 11) is 1.27. The lowest BCUT2D eigenvalue weighted by Gasteiger charge is -2.20. The minimum absolute atomic E-state index is 0.298. The van der Waals surface area contributed by atoms with Crippen molar-refractivity contribution in [1.29, 1.82) is 0 Å². The van der Waals surface area contributed by atoms with E-state index >= 15 is 0 Å². The molecule has 0 aliphatic heterocycles. The molecule has 1 amide bonds. The maximum Gasteiger partial charge on any atom is 0.416 e. The zero-order valence-electron chi connectivity index (χ0n) is 13.5. The number of halogens is 3. The summed E-state index contributed by atoms with van der Waals surface area (Å²) in [5, 5.41) is 2.56. The van der Waals surface area contributed by atoms with Crippen LogP contribution in [-0.4, -0.2) is 19.7 Å². The van der Waals surface area contributed by atoms with Gasteiger partial charge in [0.2, 0.25) is 0 Å². The Bertz CT molecular complexity index is 672. The Balaban J connectivity index is 2.09. The number of hydrogen-bond acceptors (Lipinski definition) is 3. The highest BCUT2D eigenvalue weighted by Gasteiger charge is 2.30. The Labute approximate surface area is 143 Å². The van der Waals surface area contributed by atoms with Crippen LogP contribution in [0.4, 0.5) is 18.0 Å². The predicted octanol–water partition coefficient (Wildman–Crippen LogP) is 4.57. The van der Waals surface area contributed by atoms with E-state index in [-0.39, 0.29) is 0 Å². The molecule has 2 rings (SSSR count). The number of amides is 1. The molecule has 1 atom stereocenters. The molecule has 0 bridgehead atoms. The van der Waals surface area contributed by atoms with Gasteiger partial charge in [-0.2, -0.15) is 13.2 Å². The van der Waals surface area contributed by atoms with Crippen LogP contribution in [0.5, 0.6) is 5.75 Å². The lowest BCUT2D eigenvalue weighted by Crippen LogP contribution is -2.26. The maximum atomic E-state index is 12.6. The summed E-state index contributed by atoms with van der Waals surface area (Å²) in [5.41, 5.74) is 0.123. The van der Waals surface area contributed by atoms with Gasteiger partial charge in [0, 0.05) is 13.0 Å². The van der Waals surface area contributed by atoms with Crippen molar-refractivity contribution in [3.05, 3.63) is 65.7 Å². The van der Waals surface area contributed by atoms with Crippen LogP contribution in [-0.2, 0) is 10.9 Å². The van der Waals surface area contributed by atoms with Crippen molar-refractivity contribution in [3.8, 4) is 5.75 Å². The fourth-order valence-electron chi connectivity index (χ4n) is 2.23. The fourth-order valence-corrected chi connectivity index (χ4v) is 2.23. The van der Waals surface area contributed by atoms with Crippen molar-refractivity contribution in [2.45, 2.75) is 18.7 Å². The summed E-state index contributed by atoms with van der Waals surface area (Å²) in [6.07, 6.45) is -4.93. The standard InChI is InChI=1S/C18H18F3NO3/c1-24-17(23)22-12-11-16(13-5-3-2-4-6-13)25-15-9-7-14(8-10-15)18(19,20)21/h2-10,16H,11-12H2,1H3,(H,22,23)/t16-/m0/s1. The SMILES string of the molecule is COC(=O)NCC[C@H](Oc1ccc(C(F)(F)F)cc1)c1ccccc1. The molecule has 0 saturated heterocycles. The molecule has 0 radical (unpaired) electrons. The van der Waals surface area contributed by atoms with Gasteiger partial charge in [-0.3, -0.25) is 0 Å². The zero-order chi connectivity index (χ0) is 18.3. The molecule has 0 unspecified atom stereocenters. The van der Waals surface area contributed by atoms with E-state index in [0.29, 0.717) is 18.7 Å². The van der Waals surface area contributed by atoms with Gasteiger partial charge in [0.05, 0.1) is 12.7 Å². The molecule has 7 heteroatoms. The van der Waals surface area contributed by atoms with Crippen molar-refractivity contribution >= 4 is 6.09 Å². The van der Waals surface area contributed by atoms with Crippen molar-refractivity contribution in [2.24, 2.45) is 0 Å². The van der Waals surface area contributed by atoms with E-state index in [2.05, 4.69) is 10.1 Å². The average molecular weight is 353 g/mol. The molecule has 0 fully saturated rings. The highest BCUT2D eigenvalue weighted by Crippen LogP contribution is 2.31. The molecule has 2 aromatic carbocycles. The van der Waals surface area contributed by atoms with E-state index in [1.807, 2.05) is 30.3 Å². The smallest absolute Gasteiger partial charge is 0.416 e. The fraction of sp³-hybridized carbons (Fsp3) is 0.278. The molecule has 2 aromatic rings. The third-order valence-electron chi connectivity index (χ3n) is 3.49. The van der Waals surface area contributed by atoms with Gasteiger partial charge < -0.3 is 14.8 Å². The molecule has 0 spiro atoms.